The fourth-order valence-corrected chi connectivity index (χ4v) is 4.10. The SMILES string of the molecule is Cc1occc1-c1nc(N2CCCC(O)C2)ncc1-c1ccnc(N2CCOCC2)n1. The molecule has 9 nitrogen and oxygen atoms in total. The van der Waals surface area contributed by atoms with Gasteiger partial charge in [0.15, 0.2) is 0 Å². The van der Waals surface area contributed by atoms with Crippen LogP contribution in [0.3, 0.4) is 0 Å². The van der Waals surface area contributed by atoms with Crippen molar-refractivity contribution >= 4 is 11.9 Å². The van der Waals surface area contributed by atoms with Gasteiger partial charge in [0.05, 0.1) is 37.0 Å². The minimum absolute atomic E-state index is 0.353. The van der Waals surface area contributed by atoms with Crippen molar-refractivity contribution in [3.05, 3.63) is 36.5 Å². The molecule has 3 aromatic heterocycles. The highest BCUT2D eigenvalue weighted by atomic mass is 16.5. The molecule has 31 heavy (non-hydrogen) atoms. The van der Waals surface area contributed by atoms with E-state index in [-0.39, 0.29) is 6.10 Å². The van der Waals surface area contributed by atoms with Crippen molar-refractivity contribution in [3.63, 3.8) is 0 Å². The van der Waals surface area contributed by atoms with E-state index < -0.39 is 0 Å². The number of aliphatic hydroxyl groups excluding tert-OH is 1. The number of piperidine rings is 1. The van der Waals surface area contributed by atoms with Crippen molar-refractivity contribution in [2.45, 2.75) is 25.9 Å². The Morgan fingerprint density at radius 1 is 1.00 bits per heavy atom. The number of aryl methyl sites for hydroxylation is 1. The number of hydrogen-bond donors (Lipinski definition) is 1. The zero-order chi connectivity index (χ0) is 21.2. The highest BCUT2D eigenvalue weighted by Gasteiger charge is 2.23. The molecule has 2 aliphatic heterocycles. The van der Waals surface area contributed by atoms with Crippen molar-refractivity contribution in [1.82, 2.24) is 19.9 Å². The molecule has 2 fully saturated rings. The third-order valence-corrected chi connectivity index (χ3v) is 5.78. The first kappa shape index (κ1) is 19.9. The molecule has 0 bridgehead atoms. The summed E-state index contributed by atoms with van der Waals surface area (Å²) in [4.78, 5) is 23.0. The number of ether oxygens (including phenoxy) is 1. The van der Waals surface area contributed by atoms with E-state index in [1.54, 1.807) is 12.5 Å². The summed E-state index contributed by atoms with van der Waals surface area (Å²) in [6, 6.07) is 3.80. The lowest BCUT2D eigenvalue weighted by Crippen LogP contribution is -2.39. The van der Waals surface area contributed by atoms with Crippen LogP contribution in [0.5, 0.6) is 0 Å². The van der Waals surface area contributed by atoms with Gasteiger partial charge in [-0.05, 0) is 31.9 Å². The maximum absolute atomic E-state index is 10.1. The van der Waals surface area contributed by atoms with Crippen LogP contribution < -0.4 is 9.80 Å². The minimum atomic E-state index is -0.353. The molecule has 9 heteroatoms. The first-order valence-electron chi connectivity index (χ1n) is 10.7. The zero-order valence-corrected chi connectivity index (χ0v) is 17.6. The van der Waals surface area contributed by atoms with Crippen LogP contribution in [0.1, 0.15) is 18.6 Å². The second-order valence-corrected chi connectivity index (χ2v) is 7.91. The van der Waals surface area contributed by atoms with E-state index in [0.717, 1.165) is 60.8 Å². The van der Waals surface area contributed by atoms with Crippen LogP contribution in [0.2, 0.25) is 0 Å². The second kappa shape index (κ2) is 8.60. The van der Waals surface area contributed by atoms with Crippen LogP contribution in [-0.2, 0) is 4.74 Å². The molecule has 0 aromatic carbocycles. The Hall–Kier alpha value is -3.04. The van der Waals surface area contributed by atoms with Gasteiger partial charge in [-0.3, -0.25) is 0 Å². The average molecular weight is 422 g/mol. The largest absolute Gasteiger partial charge is 0.469 e. The molecule has 1 unspecified atom stereocenters. The quantitative estimate of drug-likeness (QED) is 0.679. The fourth-order valence-electron chi connectivity index (χ4n) is 4.10. The molecule has 5 heterocycles. The van der Waals surface area contributed by atoms with Gasteiger partial charge in [-0.25, -0.2) is 19.9 Å². The summed E-state index contributed by atoms with van der Waals surface area (Å²) in [6.07, 6.45) is 6.63. The molecule has 2 aliphatic rings. The molecular formula is C22H26N6O3. The molecule has 2 saturated heterocycles. The summed E-state index contributed by atoms with van der Waals surface area (Å²) in [5.74, 6) is 2.08. The predicted molar refractivity (Wildman–Crippen MR) is 116 cm³/mol. The molecule has 1 atom stereocenters. The number of β-amino-alcohol motifs (C(OH)–C–C–N with tert-alkyl or cyclic N) is 1. The van der Waals surface area contributed by atoms with Gasteiger partial charge in [0, 0.05) is 49.7 Å². The van der Waals surface area contributed by atoms with Crippen LogP contribution in [0.4, 0.5) is 11.9 Å². The molecule has 1 N–H and O–H groups in total. The van der Waals surface area contributed by atoms with Gasteiger partial charge in [0.25, 0.3) is 0 Å². The van der Waals surface area contributed by atoms with Gasteiger partial charge in [0.1, 0.15) is 5.76 Å². The Kier molecular flexibility index (Phi) is 5.52. The van der Waals surface area contributed by atoms with Gasteiger partial charge in [-0.1, -0.05) is 0 Å². The van der Waals surface area contributed by atoms with E-state index in [9.17, 15) is 5.11 Å². The van der Waals surface area contributed by atoms with Gasteiger partial charge in [0.2, 0.25) is 11.9 Å². The maximum atomic E-state index is 10.1. The number of nitrogens with zero attached hydrogens (tertiary/aromatic N) is 6. The first-order chi connectivity index (χ1) is 15.2. The Morgan fingerprint density at radius 2 is 1.84 bits per heavy atom. The van der Waals surface area contributed by atoms with Crippen LogP contribution in [0.15, 0.2) is 35.2 Å². The van der Waals surface area contributed by atoms with E-state index in [2.05, 4.69) is 14.9 Å². The Morgan fingerprint density at radius 3 is 2.61 bits per heavy atom. The summed E-state index contributed by atoms with van der Waals surface area (Å²) in [5, 5.41) is 10.1. The molecule has 0 radical (unpaired) electrons. The first-order valence-corrected chi connectivity index (χ1v) is 10.7. The molecule has 5 rings (SSSR count). The third kappa shape index (κ3) is 4.11. The lowest BCUT2D eigenvalue weighted by Gasteiger charge is -2.30. The lowest BCUT2D eigenvalue weighted by molar-refractivity contribution is 0.122. The summed E-state index contributed by atoms with van der Waals surface area (Å²) < 4.78 is 11.0. The van der Waals surface area contributed by atoms with Gasteiger partial charge in [-0.15, -0.1) is 0 Å². The van der Waals surface area contributed by atoms with Crippen molar-refractivity contribution in [2.24, 2.45) is 0 Å². The molecule has 162 valence electrons. The van der Waals surface area contributed by atoms with Crippen LogP contribution >= 0.6 is 0 Å². The van der Waals surface area contributed by atoms with E-state index in [0.29, 0.717) is 31.7 Å². The van der Waals surface area contributed by atoms with Crippen molar-refractivity contribution in [3.8, 4) is 22.5 Å². The highest BCUT2D eigenvalue weighted by molar-refractivity contribution is 5.80. The third-order valence-electron chi connectivity index (χ3n) is 5.78. The average Bonchev–Trinajstić information content (AvgIpc) is 3.25. The van der Waals surface area contributed by atoms with E-state index in [4.69, 9.17) is 19.1 Å². The molecule has 0 saturated carbocycles. The zero-order valence-electron chi connectivity index (χ0n) is 17.6. The molecule has 0 amide bonds. The number of furan rings is 1. The number of aromatic nitrogens is 4. The molecule has 0 spiro atoms. The Balaban J connectivity index is 1.56. The van der Waals surface area contributed by atoms with E-state index in [1.807, 2.05) is 30.2 Å². The summed E-state index contributed by atoms with van der Waals surface area (Å²) >= 11 is 0. The Labute approximate surface area is 180 Å². The van der Waals surface area contributed by atoms with Crippen molar-refractivity contribution in [2.75, 3.05) is 49.2 Å². The van der Waals surface area contributed by atoms with Gasteiger partial charge >= 0.3 is 0 Å². The predicted octanol–water partition coefficient (Wildman–Crippen LogP) is 2.30. The van der Waals surface area contributed by atoms with E-state index in [1.165, 1.54) is 0 Å². The number of morpholine rings is 1. The topological polar surface area (TPSA) is 101 Å². The monoisotopic (exact) mass is 422 g/mol. The van der Waals surface area contributed by atoms with E-state index >= 15 is 0 Å². The van der Waals surface area contributed by atoms with Gasteiger partial charge in [-0.2, -0.15) is 0 Å². The van der Waals surface area contributed by atoms with Crippen LogP contribution in [-0.4, -0.2) is 70.5 Å². The summed E-state index contributed by atoms with van der Waals surface area (Å²) in [5.41, 5.74) is 3.26. The number of rotatable bonds is 4. The standard InChI is InChI=1S/C22H26N6O3/c1-15-17(5-10-31-15)20-18(13-24-22(26-20)28-7-2-3-16(29)14-28)19-4-6-23-21(25-19)27-8-11-30-12-9-27/h4-6,10,13,16,29H,2-3,7-9,11-12,14H2,1H3. The highest BCUT2D eigenvalue weighted by Crippen LogP contribution is 2.33. The smallest absolute Gasteiger partial charge is 0.226 e. The second-order valence-electron chi connectivity index (χ2n) is 7.91. The van der Waals surface area contributed by atoms with Crippen LogP contribution in [0.25, 0.3) is 22.5 Å². The van der Waals surface area contributed by atoms with Gasteiger partial charge < -0.3 is 24.1 Å². The molecule has 3 aromatic rings. The lowest BCUT2D eigenvalue weighted by atomic mass is 10.1. The fraction of sp³-hybridized carbons (Fsp3) is 0.455. The number of aliphatic hydroxyl groups is 1. The minimum Gasteiger partial charge on any atom is -0.469 e. The maximum Gasteiger partial charge on any atom is 0.226 e. The molecule has 0 aliphatic carbocycles. The normalized spacial score (nSPS) is 19.6. The van der Waals surface area contributed by atoms with Crippen molar-refractivity contribution in [1.29, 1.82) is 0 Å². The number of anilines is 2. The van der Waals surface area contributed by atoms with Crippen molar-refractivity contribution < 1.29 is 14.3 Å². The molecular weight excluding hydrogens is 396 g/mol. The van der Waals surface area contributed by atoms with Crippen LogP contribution in [0, 0.1) is 6.92 Å². The Bertz CT molecular complexity index is 1050. The summed E-state index contributed by atoms with van der Waals surface area (Å²) in [7, 11) is 0. The summed E-state index contributed by atoms with van der Waals surface area (Å²) in [6.45, 7) is 6.17. The number of hydrogen-bond acceptors (Lipinski definition) is 9.